The van der Waals surface area contributed by atoms with Gasteiger partial charge in [0.2, 0.25) is 5.91 Å². The molecule has 1 heterocycles. The van der Waals surface area contributed by atoms with E-state index in [-0.39, 0.29) is 5.91 Å². The Labute approximate surface area is 159 Å². The lowest BCUT2D eigenvalue weighted by molar-refractivity contribution is -0.137. The van der Waals surface area contributed by atoms with Crippen LogP contribution in [0.1, 0.15) is 30.4 Å². The standard InChI is InChI=1S/C20H29F3N2O2/c1-24(19(26)9-12-27-2)14-17-6-4-10-25(15-17)11-8-16-5-3-7-18(13-16)20(21,22)23/h3,5,7,13,17H,4,6,8-12,14-15H2,1-2H3. The Morgan fingerprint density at radius 1 is 1.37 bits per heavy atom. The van der Waals surface area contributed by atoms with Gasteiger partial charge in [-0.2, -0.15) is 13.2 Å². The average Bonchev–Trinajstić information content (AvgIpc) is 2.64. The molecule has 1 fully saturated rings. The van der Waals surface area contributed by atoms with Crippen LogP contribution in [0.2, 0.25) is 0 Å². The summed E-state index contributed by atoms with van der Waals surface area (Å²) in [4.78, 5) is 16.1. The van der Waals surface area contributed by atoms with Crippen LogP contribution in [0.3, 0.4) is 0 Å². The first-order chi connectivity index (χ1) is 12.8. The molecule has 0 bridgehead atoms. The largest absolute Gasteiger partial charge is 0.416 e. The summed E-state index contributed by atoms with van der Waals surface area (Å²) < 4.78 is 43.4. The molecule has 0 radical (unpaired) electrons. The monoisotopic (exact) mass is 386 g/mol. The molecule has 0 saturated carbocycles. The predicted molar refractivity (Wildman–Crippen MR) is 98.4 cm³/mol. The van der Waals surface area contributed by atoms with Crippen molar-refractivity contribution in [3.8, 4) is 0 Å². The van der Waals surface area contributed by atoms with Crippen molar-refractivity contribution in [2.75, 3.05) is 46.9 Å². The minimum Gasteiger partial charge on any atom is -0.384 e. The van der Waals surface area contributed by atoms with E-state index in [0.29, 0.717) is 37.5 Å². The number of carbonyl (C=O) groups is 1. The number of halogens is 3. The highest BCUT2D eigenvalue weighted by atomic mass is 19.4. The molecule has 0 spiro atoms. The number of piperidine rings is 1. The van der Waals surface area contributed by atoms with Crippen LogP contribution in [-0.4, -0.2) is 62.7 Å². The number of ether oxygens (including phenoxy) is 1. The second-order valence-corrected chi connectivity index (χ2v) is 7.27. The number of hydrogen-bond donors (Lipinski definition) is 0. The lowest BCUT2D eigenvalue weighted by Crippen LogP contribution is -2.42. The molecule has 2 rings (SSSR count). The van der Waals surface area contributed by atoms with Gasteiger partial charge in [0.1, 0.15) is 0 Å². The number of methoxy groups -OCH3 is 1. The van der Waals surface area contributed by atoms with Crippen molar-refractivity contribution in [1.82, 2.24) is 9.80 Å². The van der Waals surface area contributed by atoms with Crippen LogP contribution in [0.15, 0.2) is 24.3 Å². The van der Waals surface area contributed by atoms with Gasteiger partial charge in [0.25, 0.3) is 0 Å². The summed E-state index contributed by atoms with van der Waals surface area (Å²) in [5.41, 5.74) is 0.117. The fraction of sp³-hybridized carbons (Fsp3) is 0.650. The maximum Gasteiger partial charge on any atom is 0.416 e. The second-order valence-electron chi connectivity index (χ2n) is 7.27. The van der Waals surface area contributed by atoms with E-state index < -0.39 is 11.7 Å². The molecule has 4 nitrogen and oxygen atoms in total. The summed E-state index contributed by atoms with van der Waals surface area (Å²) in [5.74, 6) is 0.481. The Hall–Kier alpha value is -1.60. The zero-order chi connectivity index (χ0) is 19.9. The van der Waals surface area contributed by atoms with Crippen molar-refractivity contribution in [3.05, 3.63) is 35.4 Å². The highest BCUT2D eigenvalue weighted by Gasteiger charge is 2.30. The molecule has 1 amide bonds. The number of alkyl halides is 3. The summed E-state index contributed by atoms with van der Waals surface area (Å²) >= 11 is 0. The third-order valence-electron chi connectivity index (χ3n) is 5.05. The molecule has 7 heteroatoms. The van der Waals surface area contributed by atoms with Crippen LogP contribution in [0, 0.1) is 5.92 Å². The van der Waals surface area contributed by atoms with E-state index in [1.165, 1.54) is 12.1 Å². The molecule has 0 aromatic heterocycles. The van der Waals surface area contributed by atoms with Crippen LogP contribution < -0.4 is 0 Å². The SMILES string of the molecule is COCCC(=O)N(C)CC1CCCN(CCc2cccc(C(F)(F)F)c2)C1. The highest BCUT2D eigenvalue weighted by molar-refractivity contribution is 5.75. The van der Waals surface area contributed by atoms with Gasteiger partial charge in [-0.3, -0.25) is 4.79 Å². The number of hydrogen-bond acceptors (Lipinski definition) is 3. The van der Waals surface area contributed by atoms with E-state index in [0.717, 1.165) is 38.5 Å². The summed E-state index contributed by atoms with van der Waals surface area (Å²) in [6.45, 7) is 3.70. The summed E-state index contributed by atoms with van der Waals surface area (Å²) in [6.07, 6.45) is -1.19. The molecule has 1 aliphatic rings. The van der Waals surface area contributed by atoms with Gasteiger partial charge in [0.15, 0.2) is 0 Å². The average molecular weight is 386 g/mol. The van der Waals surface area contributed by atoms with Crippen LogP contribution in [-0.2, 0) is 22.1 Å². The number of benzene rings is 1. The van der Waals surface area contributed by atoms with Crippen LogP contribution in [0.25, 0.3) is 0 Å². The molecule has 27 heavy (non-hydrogen) atoms. The quantitative estimate of drug-likeness (QED) is 0.686. The first kappa shape index (κ1) is 21.7. The van der Waals surface area contributed by atoms with Gasteiger partial charge in [0, 0.05) is 33.8 Å². The number of amides is 1. The molecule has 1 aromatic carbocycles. The van der Waals surface area contributed by atoms with Crippen LogP contribution >= 0.6 is 0 Å². The third-order valence-corrected chi connectivity index (χ3v) is 5.05. The lowest BCUT2D eigenvalue weighted by Gasteiger charge is -2.34. The van der Waals surface area contributed by atoms with E-state index >= 15 is 0 Å². The second kappa shape index (κ2) is 10.1. The zero-order valence-electron chi connectivity index (χ0n) is 16.1. The van der Waals surface area contributed by atoms with Crippen molar-refractivity contribution in [2.45, 2.75) is 31.9 Å². The van der Waals surface area contributed by atoms with Crippen LogP contribution in [0.5, 0.6) is 0 Å². The topological polar surface area (TPSA) is 32.8 Å². The van der Waals surface area contributed by atoms with Crippen molar-refractivity contribution in [1.29, 1.82) is 0 Å². The van der Waals surface area contributed by atoms with Gasteiger partial charge in [-0.1, -0.05) is 18.2 Å². The zero-order valence-corrected chi connectivity index (χ0v) is 16.1. The normalized spacial score (nSPS) is 18.5. The molecule has 1 atom stereocenters. The number of nitrogens with zero attached hydrogens (tertiary/aromatic N) is 2. The minimum absolute atomic E-state index is 0.0814. The lowest BCUT2D eigenvalue weighted by atomic mass is 9.97. The number of carbonyl (C=O) groups excluding carboxylic acids is 1. The fourth-order valence-corrected chi connectivity index (χ4v) is 3.56. The molecular weight excluding hydrogens is 357 g/mol. The highest BCUT2D eigenvalue weighted by Crippen LogP contribution is 2.29. The summed E-state index contributed by atoms with van der Waals surface area (Å²) in [7, 11) is 3.40. The van der Waals surface area contributed by atoms with Crippen molar-refractivity contribution in [2.24, 2.45) is 5.92 Å². The van der Waals surface area contributed by atoms with E-state index in [1.54, 1.807) is 18.1 Å². The third kappa shape index (κ3) is 7.14. The molecule has 0 aliphatic carbocycles. The Kier molecular flexibility index (Phi) is 8.10. The van der Waals surface area contributed by atoms with Gasteiger partial charge >= 0.3 is 6.18 Å². The first-order valence-corrected chi connectivity index (χ1v) is 9.41. The van der Waals surface area contributed by atoms with Gasteiger partial charge < -0.3 is 14.5 Å². The van der Waals surface area contributed by atoms with Crippen molar-refractivity contribution >= 4 is 5.91 Å². The molecule has 1 saturated heterocycles. The Bertz CT molecular complexity index is 607. The Morgan fingerprint density at radius 3 is 2.85 bits per heavy atom. The van der Waals surface area contributed by atoms with Gasteiger partial charge in [-0.05, 0) is 43.4 Å². The number of likely N-dealkylation sites (tertiary alicyclic amines) is 1. The maximum absolute atomic E-state index is 12.8. The molecule has 0 N–H and O–H groups in total. The van der Waals surface area contributed by atoms with Crippen molar-refractivity contribution in [3.63, 3.8) is 0 Å². The van der Waals surface area contributed by atoms with Crippen LogP contribution in [0.4, 0.5) is 13.2 Å². The summed E-state index contributed by atoms with van der Waals surface area (Å²) in [5, 5.41) is 0. The van der Waals surface area contributed by atoms with Crippen molar-refractivity contribution < 1.29 is 22.7 Å². The first-order valence-electron chi connectivity index (χ1n) is 9.41. The fourth-order valence-electron chi connectivity index (χ4n) is 3.56. The predicted octanol–water partition coefficient (Wildman–Crippen LogP) is 3.45. The number of rotatable bonds is 8. The Balaban J connectivity index is 1.82. The van der Waals surface area contributed by atoms with Gasteiger partial charge in [-0.25, -0.2) is 0 Å². The minimum atomic E-state index is -4.30. The smallest absolute Gasteiger partial charge is 0.384 e. The summed E-state index contributed by atoms with van der Waals surface area (Å²) in [6, 6.07) is 5.57. The molecule has 1 aromatic rings. The molecule has 1 aliphatic heterocycles. The Morgan fingerprint density at radius 2 is 2.15 bits per heavy atom. The maximum atomic E-state index is 12.8. The van der Waals surface area contributed by atoms with E-state index in [1.807, 2.05) is 7.05 Å². The van der Waals surface area contributed by atoms with Gasteiger partial charge in [-0.15, -0.1) is 0 Å². The molecule has 1 unspecified atom stereocenters. The van der Waals surface area contributed by atoms with E-state index in [4.69, 9.17) is 4.74 Å². The van der Waals surface area contributed by atoms with E-state index in [9.17, 15) is 18.0 Å². The van der Waals surface area contributed by atoms with E-state index in [2.05, 4.69) is 4.90 Å². The molecule has 152 valence electrons. The molecular formula is C20H29F3N2O2. The van der Waals surface area contributed by atoms with Gasteiger partial charge in [0.05, 0.1) is 18.6 Å².